The first kappa shape index (κ1) is 22.3. The van der Waals surface area contributed by atoms with Crippen LogP contribution < -0.4 is 10.7 Å². The van der Waals surface area contributed by atoms with Gasteiger partial charge in [0.1, 0.15) is 11.4 Å². The smallest absolute Gasteiger partial charge is 0.274 e. The van der Waals surface area contributed by atoms with Gasteiger partial charge >= 0.3 is 0 Å². The van der Waals surface area contributed by atoms with Crippen LogP contribution in [0.3, 0.4) is 0 Å². The van der Waals surface area contributed by atoms with E-state index in [1.807, 2.05) is 6.92 Å². The van der Waals surface area contributed by atoms with Crippen molar-refractivity contribution in [2.75, 3.05) is 26.8 Å². The van der Waals surface area contributed by atoms with Crippen molar-refractivity contribution in [1.29, 1.82) is 0 Å². The van der Waals surface area contributed by atoms with Crippen molar-refractivity contribution >= 4 is 23.4 Å². The number of ether oxygens (including phenoxy) is 1. The molecule has 170 valence electrons. The maximum Gasteiger partial charge on any atom is 0.274 e. The number of carbonyl (C=O) groups excluding carboxylic acids is 2. The zero-order valence-corrected chi connectivity index (χ0v) is 18.4. The van der Waals surface area contributed by atoms with E-state index in [-0.39, 0.29) is 34.3 Å². The number of nitrogens with zero attached hydrogens (tertiary/aromatic N) is 2. The molecule has 2 aliphatic rings. The third kappa shape index (κ3) is 3.45. The third-order valence-corrected chi connectivity index (χ3v) is 6.57. The molecule has 1 aromatic carbocycles. The Labute approximate surface area is 188 Å². The molecule has 32 heavy (non-hydrogen) atoms. The van der Waals surface area contributed by atoms with E-state index >= 15 is 0 Å². The highest BCUT2D eigenvalue weighted by molar-refractivity contribution is 6.30. The largest absolute Gasteiger partial charge is 0.503 e. The van der Waals surface area contributed by atoms with Gasteiger partial charge in [-0.15, -0.1) is 0 Å². The van der Waals surface area contributed by atoms with Gasteiger partial charge in [0.2, 0.25) is 5.43 Å². The second-order valence-electron chi connectivity index (χ2n) is 8.11. The lowest BCUT2D eigenvalue weighted by Crippen LogP contribution is -2.49. The molecule has 1 saturated carbocycles. The molecule has 0 unspecified atom stereocenters. The molecule has 4 rings (SSSR count). The number of aromatic nitrogens is 1. The molecule has 1 spiro atoms. The molecule has 2 heterocycles. The molecule has 2 amide bonds. The van der Waals surface area contributed by atoms with Gasteiger partial charge in [-0.1, -0.05) is 23.7 Å². The van der Waals surface area contributed by atoms with E-state index in [2.05, 4.69) is 5.32 Å². The van der Waals surface area contributed by atoms with Gasteiger partial charge in [0.05, 0.1) is 17.2 Å². The van der Waals surface area contributed by atoms with Gasteiger partial charge in [0, 0.05) is 44.4 Å². The molecule has 10 heteroatoms. The molecule has 0 saturated heterocycles. The van der Waals surface area contributed by atoms with E-state index in [9.17, 15) is 23.9 Å². The topological polar surface area (TPSA) is 101 Å². The van der Waals surface area contributed by atoms with Gasteiger partial charge in [0.25, 0.3) is 11.8 Å². The maximum absolute atomic E-state index is 14.1. The summed E-state index contributed by atoms with van der Waals surface area (Å²) in [6, 6.07) is 4.40. The number of likely N-dealkylation sites (N-methyl/N-ethyl adjacent to an activating group) is 1. The summed E-state index contributed by atoms with van der Waals surface area (Å²) in [5.74, 6) is -2.62. The van der Waals surface area contributed by atoms with Gasteiger partial charge in [-0.3, -0.25) is 14.4 Å². The van der Waals surface area contributed by atoms with Crippen LogP contribution in [-0.4, -0.2) is 53.2 Å². The zero-order chi connectivity index (χ0) is 23.2. The summed E-state index contributed by atoms with van der Waals surface area (Å²) in [4.78, 5) is 40.0. The number of pyridine rings is 1. The number of hydrogen-bond acceptors (Lipinski definition) is 5. The minimum atomic E-state index is -0.953. The van der Waals surface area contributed by atoms with Crippen LogP contribution in [0.2, 0.25) is 5.02 Å². The normalized spacial score (nSPS) is 21.6. The lowest BCUT2D eigenvalue weighted by molar-refractivity contribution is 0.0622. The Morgan fingerprint density at radius 2 is 2.16 bits per heavy atom. The minimum Gasteiger partial charge on any atom is -0.503 e. The van der Waals surface area contributed by atoms with Crippen molar-refractivity contribution in [3.63, 3.8) is 0 Å². The van der Waals surface area contributed by atoms with Crippen LogP contribution in [0.4, 0.5) is 4.39 Å². The Morgan fingerprint density at radius 3 is 2.84 bits per heavy atom. The van der Waals surface area contributed by atoms with Gasteiger partial charge < -0.3 is 24.6 Å². The van der Waals surface area contributed by atoms with Crippen molar-refractivity contribution in [3.8, 4) is 5.75 Å². The number of aromatic hydroxyl groups is 1. The number of nitrogens with one attached hydrogen (secondary N) is 1. The predicted octanol–water partition coefficient (Wildman–Crippen LogP) is 2.11. The fourth-order valence-electron chi connectivity index (χ4n) is 4.43. The number of amides is 2. The maximum atomic E-state index is 14.1. The molecule has 1 aliphatic heterocycles. The molecular formula is C22H23ClFN3O5. The number of methoxy groups -OCH3 is 1. The second-order valence-corrected chi connectivity index (χ2v) is 8.52. The summed E-state index contributed by atoms with van der Waals surface area (Å²) in [7, 11) is 1.58. The zero-order valence-electron chi connectivity index (χ0n) is 17.7. The van der Waals surface area contributed by atoms with Gasteiger partial charge in [-0.2, -0.15) is 0 Å². The molecule has 2 aromatic rings. The minimum absolute atomic E-state index is 0.0618. The van der Waals surface area contributed by atoms with Crippen LogP contribution in [0.5, 0.6) is 5.75 Å². The number of fused-ring (bicyclic) bond motifs is 2. The second kappa shape index (κ2) is 8.22. The van der Waals surface area contributed by atoms with Crippen molar-refractivity contribution in [1.82, 2.24) is 14.8 Å². The van der Waals surface area contributed by atoms with E-state index in [1.54, 1.807) is 22.6 Å². The molecule has 2 atom stereocenters. The summed E-state index contributed by atoms with van der Waals surface area (Å²) in [5, 5.41) is 13.0. The van der Waals surface area contributed by atoms with Crippen molar-refractivity contribution in [2.24, 2.45) is 5.92 Å². The Hall–Kier alpha value is -2.91. The Kier molecular flexibility index (Phi) is 5.72. The first-order valence-corrected chi connectivity index (χ1v) is 10.6. The standard InChI is InChI=1S/C22H23ClFN3O5/c1-3-26-11-22(7-13(22)10-32-2)27-9-14(18(28)19(29)17(27)21(26)31)20(30)25-8-12-5-4-6-15(23)16(12)24/h4-6,9,13,29H,3,7-8,10-11H2,1-2H3,(H,25,30)/t13-,22-/m1/s1. The average molecular weight is 464 g/mol. The molecule has 1 fully saturated rings. The lowest BCUT2D eigenvalue weighted by Gasteiger charge is -2.37. The third-order valence-electron chi connectivity index (χ3n) is 6.28. The highest BCUT2D eigenvalue weighted by Crippen LogP contribution is 2.54. The number of carbonyl (C=O) groups is 2. The number of benzene rings is 1. The fourth-order valence-corrected chi connectivity index (χ4v) is 4.62. The SMILES string of the molecule is CCN1C[C@@]2(C[C@@H]2COC)n2cc(C(=O)NCc3cccc(Cl)c3F)c(=O)c(O)c2C1=O. The monoisotopic (exact) mass is 463 g/mol. The van der Waals surface area contributed by atoms with E-state index < -0.39 is 34.3 Å². The summed E-state index contributed by atoms with van der Waals surface area (Å²) in [6.45, 7) is 2.86. The van der Waals surface area contributed by atoms with Crippen LogP contribution in [0.1, 0.15) is 39.8 Å². The van der Waals surface area contributed by atoms with Crippen LogP contribution in [0.15, 0.2) is 29.2 Å². The number of rotatable bonds is 6. The highest BCUT2D eigenvalue weighted by atomic mass is 35.5. The summed E-state index contributed by atoms with van der Waals surface area (Å²) >= 11 is 5.77. The van der Waals surface area contributed by atoms with Crippen molar-refractivity contribution < 1.29 is 23.8 Å². The first-order chi connectivity index (χ1) is 15.2. The van der Waals surface area contributed by atoms with Crippen LogP contribution in [0, 0.1) is 11.7 Å². The van der Waals surface area contributed by atoms with Crippen LogP contribution in [-0.2, 0) is 16.8 Å². The quantitative estimate of drug-likeness (QED) is 0.683. The Bertz CT molecular complexity index is 1170. The Morgan fingerprint density at radius 1 is 1.41 bits per heavy atom. The number of halogens is 2. The van der Waals surface area contributed by atoms with Gasteiger partial charge in [-0.05, 0) is 19.4 Å². The molecule has 2 N–H and O–H groups in total. The summed E-state index contributed by atoms with van der Waals surface area (Å²) in [5.41, 5.74) is -1.81. The summed E-state index contributed by atoms with van der Waals surface area (Å²) < 4.78 is 20.9. The van der Waals surface area contributed by atoms with E-state index in [4.69, 9.17) is 16.3 Å². The molecule has 1 aliphatic carbocycles. The lowest BCUT2D eigenvalue weighted by atomic mass is 10.0. The average Bonchev–Trinajstić information content (AvgIpc) is 3.46. The summed E-state index contributed by atoms with van der Waals surface area (Å²) in [6.07, 6.45) is 2.00. The first-order valence-electron chi connectivity index (χ1n) is 10.2. The van der Waals surface area contributed by atoms with Gasteiger partial charge in [0.15, 0.2) is 11.4 Å². The van der Waals surface area contributed by atoms with Crippen molar-refractivity contribution in [2.45, 2.75) is 25.4 Å². The molecule has 8 nitrogen and oxygen atoms in total. The van der Waals surface area contributed by atoms with E-state index in [1.165, 1.54) is 18.3 Å². The van der Waals surface area contributed by atoms with Crippen LogP contribution in [0.25, 0.3) is 0 Å². The molecule has 1 aromatic heterocycles. The van der Waals surface area contributed by atoms with Gasteiger partial charge in [-0.25, -0.2) is 4.39 Å². The molecule has 0 radical (unpaired) electrons. The van der Waals surface area contributed by atoms with Crippen molar-refractivity contribution in [3.05, 3.63) is 62.3 Å². The number of hydrogen-bond donors (Lipinski definition) is 2. The van der Waals surface area contributed by atoms with E-state index in [0.29, 0.717) is 26.1 Å². The molecule has 0 bridgehead atoms. The Balaban J connectivity index is 1.71. The fraction of sp³-hybridized carbons (Fsp3) is 0.409. The molecular weight excluding hydrogens is 441 g/mol. The van der Waals surface area contributed by atoms with E-state index in [0.717, 1.165) is 0 Å². The van der Waals surface area contributed by atoms with Crippen LogP contribution >= 0.6 is 11.6 Å². The predicted molar refractivity (Wildman–Crippen MR) is 114 cm³/mol. The highest BCUT2D eigenvalue weighted by Gasteiger charge is 2.60.